The van der Waals surface area contributed by atoms with Crippen LogP contribution in [0.5, 0.6) is 11.5 Å². The van der Waals surface area contributed by atoms with Gasteiger partial charge >= 0.3 is 18.4 Å². The zero-order valence-corrected chi connectivity index (χ0v) is 9.10. The maximum atomic E-state index is 13.3. The van der Waals surface area contributed by atoms with Crippen molar-refractivity contribution in [1.82, 2.24) is 0 Å². The van der Waals surface area contributed by atoms with Crippen molar-refractivity contribution in [3.63, 3.8) is 0 Å². The lowest BCUT2D eigenvalue weighted by atomic mass is 10.1. The summed E-state index contributed by atoms with van der Waals surface area (Å²) in [6.45, 7) is 0. The van der Waals surface area contributed by atoms with Gasteiger partial charge in [0.2, 0.25) is 11.6 Å². The van der Waals surface area contributed by atoms with Crippen LogP contribution in [0.15, 0.2) is 0 Å². The summed E-state index contributed by atoms with van der Waals surface area (Å²) in [6.07, 6.45) is -11.8. The minimum absolute atomic E-state index is 2.17. The summed E-state index contributed by atoms with van der Waals surface area (Å²) in [4.78, 5) is 0. The van der Waals surface area contributed by atoms with Crippen molar-refractivity contribution in [3.8, 4) is 11.5 Å². The smallest absolute Gasteiger partial charge is 0.415 e. The Morgan fingerprint density at radius 1 is 0.714 bits per heavy atom. The van der Waals surface area contributed by atoms with E-state index in [1.807, 2.05) is 0 Å². The zero-order chi connectivity index (χ0) is 16.4. The summed E-state index contributed by atoms with van der Waals surface area (Å²) in [7, 11) is 0. The molecule has 0 radical (unpaired) electrons. The van der Waals surface area contributed by atoms with E-state index >= 15 is 0 Å². The van der Waals surface area contributed by atoms with Gasteiger partial charge in [0.1, 0.15) is 5.56 Å². The molecule has 118 valence electrons. The normalized spacial score (nSPS) is 21.8. The Morgan fingerprint density at radius 2 is 1.19 bits per heavy atom. The van der Waals surface area contributed by atoms with Gasteiger partial charge in [-0.15, -0.1) is 4.39 Å². The molecule has 0 fully saturated rings. The van der Waals surface area contributed by atoms with E-state index in [0.29, 0.717) is 0 Å². The summed E-state index contributed by atoms with van der Waals surface area (Å²) < 4.78 is 133. The molecule has 1 heterocycles. The van der Waals surface area contributed by atoms with Gasteiger partial charge in [0.15, 0.2) is 17.4 Å². The van der Waals surface area contributed by atoms with Gasteiger partial charge < -0.3 is 9.47 Å². The molecule has 0 amide bonds. The second-order valence-corrected chi connectivity index (χ2v) is 3.71. The Labute approximate surface area is 107 Å². The first-order valence-electron chi connectivity index (χ1n) is 4.71. The second-order valence-electron chi connectivity index (χ2n) is 3.71. The predicted molar refractivity (Wildman–Crippen MR) is 42.5 cm³/mol. The fourth-order valence-electron chi connectivity index (χ4n) is 1.46. The molecule has 1 aliphatic heterocycles. The molecule has 2 rings (SSSR count). The van der Waals surface area contributed by atoms with Crippen molar-refractivity contribution in [2.45, 2.75) is 18.4 Å². The number of hydrogen-bond acceptors (Lipinski definition) is 2. The van der Waals surface area contributed by atoms with E-state index in [1.54, 1.807) is 0 Å². The van der Waals surface area contributed by atoms with Crippen molar-refractivity contribution in [3.05, 3.63) is 23.0 Å². The van der Waals surface area contributed by atoms with Crippen LogP contribution in [-0.4, -0.2) is 12.2 Å². The van der Waals surface area contributed by atoms with E-state index in [4.69, 9.17) is 0 Å². The Hall–Kier alpha value is -1.88. The van der Waals surface area contributed by atoms with Crippen LogP contribution in [0.3, 0.4) is 0 Å². The van der Waals surface area contributed by atoms with Crippen LogP contribution in [0.25, 0.3) is 0 Å². The van der Waals surface area contributed by atoms with Crippen molar-refractivity contribution < 1.29 is 53.4 Å². The summed E-state index contributed by atoms with van der Waals surface area (Å²) in [5.41, 5.74) is -2.75. The first-order chi connectivity index (χ1) is 9.29. The molecule has 2 nitrogen and oxygen atoms in total. The largest absolute Gasteiger partial charge is 0.510 e. The Kier molecular flexibility index (Phi) is 3.01. The highest BCUT2D eigenvalue weighted by Gasteiger charge is 2.68. The predicted octanol–water partition coefficient (Wildman–Crippen LogP) is 4.08. The lowest BCUT2D eigenvalue weighted by molar-refractivity contribution is -0.368. The number of alkyl halides is 7. The molecule has 0 spiro atoms. The molecule has 1 aromatic carbocycles. The minimum Gasteiger partial charge on any atom is -0.415 e. The maximum absolute atomic E-state index is 13.3. The third-order valence-corrected chi connectivity index (χ3v) is 2.33. The number of benzene rings is 1. The number of ether oxygens (including phenoxy) is 2. The maximum Gasteiger partial charge on any atom is 0.510 e. The van der Waals surface area contributed by atoms with Gasteiger partial charge in [-0.1, -0.05) is 0 Å². The highest BCUT2D eigenvalue weighted by atomic mass is 19.4. The number of rotatable bonds is 0. The summed E-state index contributed by atoms with van der Waals surface area (Å²) in [5.74, 6) is -12.7. The molecular weight excluding hydrogens is 330 g/mol. The molecule has 0 N–H and O–H groups in total. The molecule has 1 unspecified atom stereocenters. The molecule has 0 bridgehead atoms. The first-order valence-corrected chi connectivity index (χ1v) is 4.71. The van der Waals surface area contributed by atoms with Gasteiger partial charge in [-0.25, -0.2) is 8.78 Å². The third-order valence-electron chi connectivity index (χ3n) is 2.33. The monoisotopic (exact) mass is 330 g/mol. The quantitative estimate of drug-likeness (QED) is 0.527. The van der Waals surface area contributed by atoms with Crippen molar-refractivity contribution in [2.24, 2.45) is 0 Å². The highest BCUT2D eigenvalue weighted by Crippen LogP contribution is 2.54. The van der Waals surface area contributed by atoms with Crippen LogP contribution >= 0.6 is 0 Å². The van der Waals surface area contributed by atoms with Crippen LogP contribution in [0, 0.1) is 17.5 Å². The van der Waals surface area contributed by atoms with Crippen molar-refractivity contribution in [1.29, 1.82) is 0 Å². The average Bonchev–Trinajstić information content (AvgIpc) is 2.63. The van der Waals surface area contributed by atoms with Crippen LogP contribution in [0.2, 0.25) is 0 Å². The van der Waals surface area contributed by atoms with E-state index in [-0.39, 0.29) is 0 Å². The van der Waals surface area contributed by atoms with Gasteiger partial charge in [0.25, 0.3) is 0 Å². The molecule has 21 heavy (non-hydrogen) atoms. The summed E-state index contributed by atoms with van der Waals surface area (Å²) >= 11 is 0. The Balaban J connectivity index is 2.74. The minimum atomic E-state index is -6.05. The SMILES string of the molecule is Fc1c(F)c2c(c(C(F)(F)F)c1F)OC(F)(C(F)(F)F)O2. The van der Waals surface area contributed by atoms with E-state index in [9.17, 15) is 43.9 Å². The third kappa shape index (κ3) is 2.12. The van der Waals surface area contributed by atoms with Crippen LogP contribution in [-0.2, 0) is 6.18 Å². The van der Waals surface area contributed by atoms with E-state index in [0.717, 1.165) is 0 Å². The molecule has 0 saturated carbocycles. The molecular formula is C9F10O2. The summed E-state index contributed by atoms with van der Waals surface area (Å²) in [5, 5.41) is 0. The molecule has 0 aromatic heterocycles. The van der Waals surface area contributed by atoms with E-state index in [1.165, 1.54) is 0 Å². The fraction of sp³-hybridized carbons (Fsp3) is 0.333. The van der Waals surface area contributed by atoms with Crippen molar-refractivity contribution >= 4 is 0 Å². The van der Waals surface area contributed by atoms with Gasteiger partial charge in [0, 0.05) is 0 Å². The summed E-state index contributed by atoms with van der Waals surface area (Å²) in [6, 6.07) is -5.20. The molecule has 0 aliphatic carbocycles. The first kappa shape index (κ1) is 15.5. The average molecular weight is 330 g/mol. The van der Waals surface area contributed by atoms with Crippen LogP contribution in [0.1, 0.15) is 5.56 Å². The van der Waals surface area contributed by atoms with E-state index < -0.39 is 52.9 Å². The second kappa shape index (κ2) is 4.07. The lowest BCUT2D eigenvalue weighted by Gasteiger charge is -2.20. The van der Waals surface area contributed by atoms with Gasteiger partial charge in [-0.3, -0.25) is 0 Å². The van der Waals surface area contributed by atoms with Gasteiger partial charge in [-0.2, -0.15) is 30.7 Å². The standard InChI is InChI=1S/C9F10O2/c10-2-1(7(13,14)15)5-6(4(12)3(2)11)21-9(19,20-5)8(16,17)18. The molecule has 1 aromatic rings. The number of hydrogen-bond donors (Lipinski definition) is 0. The Bertz CT molecular complexity index is 604. The number of fused-ring (bicyclic) bond motifs is 1. The zero-order valence-electron chi connectivity index (χ0n) is 9.10. The Morgan fingerprint density at radius 3 is 1.62 bits per heavy atom. The van der Waals surface area contributed by atoms with E-state index in [2.05, 4.69) is 9.47 Å². The molecule has 0 saturated heterocycles. The molecule has 12 heteroatoms. The lowest BCUT2D eigenvalue weighted by Crippen LogP contribution is -2.48. The molecule has 1 atom stereocenters. The van der Waals surface area contributed by atoms with Crippen LogP contribution in [0.4, 0.5) is 43.9 Å². The topological polar surface area (TPSA) is 18.5 Å². The molecule has 1 aliphatic rings. The van der Waals surface area contributed by atoms with Crippen LogP contribution < -0.4 is 9.47 Å². The van der Waals surface area contributed by atoms with Gasteiger partial charge in [0.05, 0.1) is 0 Å². The number of halogens is 10. The highest BCUT2D eigenvalue weighted by molar-refractivity contribution is 5.52. The van der Waals surface area contributed by atoms with Crippen molar-refractivity contribution in [2.75, 3.05) is 0 Å². The fourth-order valence-corrected chi connectivity index (χ4v) is 1.46. The van der Waals surface area contributed by atoms with Gasteiger partial charge in [-0.05, 0) is 0 Å².